The predicted molar refractivity (Wildman–Crippen MR) is 73.9 cm³/mol. The topological polar surface area (TPSA) is 64.0 Å². The van der Waals surface area contributed by atoms with Crippen LogP contribution in [0, 0.1) is 10.5 Å². The molecule has 1 rings (SSSR count). The number of amides is 1. The van der Waals surface area contributed by atoms with Gasteiger partial charge in [0.05, 0.1) is 3.57 Å². The van der Waals surface area contributed by atoms with E-state index in [1.165, 1.54) is 10.8 Å². The van der Waals surface area contributed by atoms with E-state index in [0.717, 1.165) is 12.8 Å². The van der Waals surface area contributed by atoms with Gasteiger partial charge in [-0.15, -0.1) is 0 Å². The lowest BCUT2D eigenvalue weighted by molar-refractivity contribution is -0.121. The van der Waals surface area contributed by atoms with Gasteiger partial charge in [-0.3, -0.25) is 14.2 Å². The molecule has 0 aromatic carbocycles. The standard InChI is InChI=1S/C11H16IN3O2/c1-3-4-5-13-10(16)7-15-8(2)14-6-9(12)11(15)17/h6H,3-5,7H2,1-2H3,(H,13,16). The minimum atomic E-state index is -0.163. The maximum Gasteiger partial charge on any atom is 0.267 e. The molecule has 0 aliphatic carbocycles. The average molecular weight is 349 g/mol. The van der Waals surface area contributed by atoms with Crippen molar-refractivity contribution >= 4 is 28.5 Å². The lowest BCUT2D eigenvalue weighted by Gasteiger charge is -2.09. The third-order valence-corrected chi connectivity index (χ3v) is 3.10. The Labute approximate surface area is 114 Å². The summed E-state index contributed by atoms with van der Waals surface area (Å²) in [5, 5.41) is 2.78. The normalized spacial score (nSPS) is 10.3. The van der Waals surface area contributed by atoms with Crippen molar-refractivity contribution in [2.45, 2.75) is 33.2 Å². The molecule has 0 atom stereocenters. The van der Waals surface area contributed by atoms with Crippen LogP contribution in [0.25, 0.3) is 0 Å². The molecule has 0 bridgehead atoms. The number of carbonyl (C=O) groups is 1. The molecule has 1 aromatic heterocycles. The number of halogens is 1. The second-order valence-electron chi connectivity index (χ2n) is 3.75. The predicted octanol–water partition coefficient (Wildman–Crippen LogP) is 1.07. The fourth-order valence-electron chi connectivity index (χ4n) is 1.34. The third kappa shape index (κ3) is 4.10. The number of rotatable bonds is 5. The molecule has 1 N–H and O–H groups in total. The van der Waals surface area contributed by atoms with Crippen LogP contribution in [-0.4, -0.2) is 22.0 Å². The maximum atomic E-state index is 11.8. The van der Waals surface area contributed by atoms with Gasteiger partial charge in [0, 0.05) is 12.7 Å². The number of hydrogen-bond acceptors (Lipinski definition) is 3. The summed E-state index contributed by atoms with van der Waals surface area (Å²) < 4.78 is 1.91. The molecule has 0 aliphatic heterocycles. The van der Waals surface area contributed by atoms with Crippen LogP contribution in [0.4, 0.5) is 0 Å². The highest BCUT2D eigenvalue weighted by Gasteiger charge is 2.09. The van der Waals surface area contributed by atoms with E-state index in [4.69, 9.17) is 0 Å². The van der Waals surface area contributed by atoms with Crippen LogP contribution in [0.5, 0.6) is 0 Å². The highest BCUT2D eigenvalue weighted by Crippen LogP contribution is 1.97. The van der Waals surface area contributed by atoms with Crippen molar-refractivity contribution in [2.24, 2.45) is 0 Å². The number of nitrogens with one attached hydrogen (secondary N) is 1. The van der Waals surface area contributed by atoms with Crippen molar-refractivity contribution in [3.8, 4) is 0 Å². The van der Waals surface area contributed by atoms with E-state index >= 15 is 0 Å². The number of unbranched alkanes of at least 4 members (excludes halogenated alkanes) is 1. The first kappa shape index (κ1) is 14.1. The van der Waals surface area contributed by atoms with E-state index in [0.29, 0.717) is 15.9 Å². The molecule has 0 aliphatic rings. The smallest absolute Gasteiger partial charge is 0.267 e. The van der Waals surface area contributed by atoms with Crippen LogP contribution < -0.4 is 10.9 Å². The lowest BCUT2D eigenvalue weighted by atomic mass is 10.3. The quantitative estimate of drug-likeness (QED) is 0.639. The fourth-order valence-corrected chi connectivity index (χ4v) is 1.77. The summed E-state index contributed by atoms with van der Waals surface area (Å²) in [6.45, 7) is 4.47. The molecule has 1 amide bonds. The monoisotopic (exact) mass is 349 g/mol. The number of aromatic nitrogens is 2. The Hall–Kier alpha value is -0.920. The summed E-state index contributed by atoms with van der Waals surface area (Å²) in [5.41, 5.74) is -0.163. The van der Waals surface area contributed by atoms with Gasteiger partial charge >= 0.3 is 0 Å². The number of aryl methyl sites for hydroxylation is 1. The zero-order chi connectivity index (χ0) is 12.8. The van der Waals surface area contributed by atoms with Crippen molar-refractivity contribution in [1.82, 2.24) is 14.9 Å². The molecule has 94 valence electrons. The van der Waals surface area contributed by atoms with Gasteiger partial charge in [-0.25, -0.2) is 4.98 Å². The van der Waals surface area contributed by atoms with Crippen molar-refractivity contribution in [2.75, 3.05) is 6.54 Å². The molecule has 0 saturated heterocycles. The minimum absolute atomic E-state index is 0.0399. The molecule has 0 fully saturated rings. The van der Waals surface area contributed by atoms with Crippen LogP contribution in [-0.2, 0) is 11.3 Å². The molecule has 0 radical (unpaired) electrons. The Morgan fingerprint density at radius 1 is 1.59 bits per heavy atom. The molecule has 1 heterocycles. The van der Waals surface area contributed by atoms with E-state index in [-0.39, 0.29) is 18.0 Å². The number of carbonyl (C=O) groups excluding carboxylic acids is 1. The van der Waals surface area contributed by atoms with E-state index < -0.39 is 0 Å². The molecule has 1 aromatic rings. The summed E-state index contributed by atoms with van der Waals surface area (Å²) in [7, 11) is 0. The summed E-state index contributed by atoms with van der Waals surface area (Å²) in [6, 6.07) is 0. The first-order valence-corrected chi connectivity index (χ1v) is 6.62. The van der Waals surface area contributed by atoms with E-state index in [1.807, 2.05) is 22.6 Å². The zero-order valence-electron chi connectivity index (χ0n) is 9.99. The van der Waals surface area contributed by atoms with Gasteiger partial charge in [0.25, 0.3) is 5.56 Å². The summed E-state index contributed by atoms with van der Waals surface area (Å²) in [6.07, 6.45) is 3.50. The van der Waals surface area contributed by atoms with Crippen molar-refractivity contribution < 1.29 is 4.79 Å². The molecule has 6 heteroatoms. The lowest BCUT2D eigenvalue weighted by Crippen LogP contribution is -2.35. The number of hydrogen-bond donors (Lipinski definition) is 1. The van der Waals surface area contributed by atoms with E-state index in [9.17, 15) is 9.59 Å². The Kier molecular flexibility index (Phi) is 5.60. The van der Waals surface area contributed by atoms with E-state index in [2.05, 4.69) is 17.2 Å². The van der Waals surface area contributed by atoms with Crippen LogP contribution in [0.1, 0.15) is 25.6 Å². The largest absolute Gasteiger partial charge is 0.355 e. The van der Waals surface area contributed by atoms with Crippen molar-refractivity contribution in [3.63, 3.8) is 0 Å². The fraction of sp³-hybridized carbons (Fsp3) is 0.545. The van der Waals surface area contributed by atoms with Gasteiger partial charge in [-0.1, -0.05) is 13.3 Å². The van der Waals surface area contributed by atoms with Gasteiger partial charge < -0.3 is 5.32 Å². The van der Waals surface area contributed by atoms with Crippen LogP contribution >= 0.6 is 22.6 Å². The summed E-state index contributed by atoms with van der Waals surface area (Å²) >= 11 is 1.92. The van der Waals surface area contributed by atoms with Gasteiger partial charge in [0.2, 0.25) is 5.91 Å². The van der Waals surface area contributed by atoms with Crippen molar-refractivity contribution in [1.29, 1.82) is 0 Å². The first-order chi connectivity index (χ1) is 8.06. The molecule has 17 heavy (non-hydrogen) atoms. The van der Waals surface area contributed by atoms with Crippen LogP contribution in [0.15, 0.2) is 11.0 Å². The average Bonchev–Trinajstić information content (AvgIpc) is 2.30. The number of nitrogens with zero attached hydrogens (tertiary/aromatic N) is 2. The highest BCUT2D eigenvalue weighted by molar-refractivity contribution is 14.1. The molecule has 0 spiro atoms. The molecule has 0 saturated carbocycles. The summed E-state index contributed by atoms with van der Waals surface area (Å²) in [5.74, 6) is 0.411. The summed E-state index contributed by atoms with van der Waals surface area (Å²) in [4.78, 5) is 27.5. The third-order valence-electron chi connectivity index (χ3n) is 2.36. The highest BCUT2D eigenvalue weighted by atomic mass is 127. The van der Waals surface area contributed by atoms with Gasteiger partial charge in [-0.2, -0.15) is 0 Å². The van der Waals surface area contributed by atoms with Gasteiger partial charge in [0.15, 0.2) is 0 Å². The molecular weight excluding hydrogens is 333 g/mol. The Morgan fingerprint density at radius 2 is 2.29 bits per heavy atom. The van der Waals surface area contributed by atoms with Crippen LogP contribution in [0.2, 0.25) is 0 Å². The maximum absolute atomic E-state index is 11.8. The van der Waals surface area contributed by atoms with Gasteiger partial charge in [0.1, 0.15) is 12.4 Å². The SMILES string of the molecule is CCCCNC(=O)Cn1c(C)ncc(I)c1=O. The molecular formula is C11H16IN3O2. The second-order valence-corrected chi connectivity index (χ2v) is 4.91. The Bertz CT molecular complexity index is 457. The second kappa shape index (κ2) is 6.73. The minimum Gasteiger partial charge on any atom is -0.355 e. The van der Waals surface area contributed by atoms with Crippen molar-refractivity contribution in [3.05, 3.63) is 25.9 Å². The molecule has 0 unspecified atom stereocenters. The first-order valence-electron chi connectivity index (χ1n) is 5.55. The van der Waals surface area contributed by atoms with E-state index in [1.54, 1.807) is 6.92 Å². The molecule has 5 nitrogen and oxygen atoms in total. The van der Waals surface area contributed by atoms with Crippen LogP contribution in [0.3, 0.4) is 0 Å². The van der Waals surface area contributed by atoms with Gasteiger partial charge in [-0.05, 0) is 35.9 Å². The Balaban J connectivity index is 2.71. The zero-order valence-corrected chi connectivity index (χ0v) is 12.2. The Morgan fingerprint density at radius 3 is 2.94 bits per heavy atom.